The van der Waals surface area contributed by atoms with Crippen LogP contribution in [0.25, 0.3) is 0 Å². The molecule has 1 saturated heterocycles. The van der Waals surface area contributed by atoms with Gasteiger partial charge < -0.3 is 14.7 Å². The molecule has 1 fully saturated rings. The standard InChI is InChI=1S/C13H25NO3/c1-12(2,3)17-11(16)14-7-6-10(8-15)13(4,5)9-14/h10,15H,6-9H2,1-5H3. The van der Waals surface area contributed by atoms with E-state index in [2.05, 4.69) is 13.8 Å². The largest absolute Gasteiger partial charge is 0.444 e. The molecule has 1 rings (SSSR count). The monoisotopic (exact) mass is 243 g/mol. The molecule has 0 spiro atoms. The molecule has 4 nitrogen and oxygen atoms in total. The van der Waals surface area contributed by atoms with Crippen LogP contribution in [0, 0.1) is 11.3 Å². The second kappa shape index (κ2) is 4.84. The summed E-state index contributed by atoms with van der Waals surface area (Å²) in [5.41, 5.74) is -0.501. The van der Waals surface area contributed by atoms with Gasteiger partial charge in [-0.15, -0.1) is 0 Å². The van der Waals surface area contributed by atoms with Gasteiger partial charge in [-0.3, -0.25) is 0 Å². The molecule has 0 aliphatic carbocycles. The highest BCUT2D eigenvalue weighted by molar-refractivity contribution is 5.68. The summed E-state index contributed by atoms with van der Waals surface area (Å²) in [6.07, 6.45) is 0.588. The predicted molar refractivity (Wildman–Crippen MR) is 66.8 cm³/mol. The summed E-state index contributed by atoms with van der Waals surface area (Å²) in [5.74, 6) is 0.265. The number of hydrogen-bond acceptors (Lipinski definition) is 3. The number of carbonyl (C=O) groups is 1. The van der Waals surface area contributed by atoms with Crippen molar-refractivity contribution in [3.05, 3.63) is 0 Å². The third-order valence-corrected chi connectivity index (χ3v) is 3.32. The average molecular weight is 243 g/mol. The number of rotatable bonds is 1. The third-order valence-electron chi connectivity index (χ3n) is 3.32. The van der Waals surface area contributed by atoms with Gasteiger partial charge in [0, 0.05) is 19.7 Å². The van der Waals surface area contributed by atoms with E-state index in [1.165, 1.54) is 0 Å². The van der Waals surface area contributed by atoms with Crippen molar-refractivity contribution >= 4 is 6.09 Å². The Hall–Kier alpha value is -0.770. The fraction of sp³-hybridized carbons (Fsp3) is 0.923. The lowest BCUT2D eigenvalue weighted by atomic mass is 9.74. The number of likely N-dealkylation sites (tertiary alicyclic amines) is 1. The van der Waals surface area contributed by atoms with Crippen LogP contribution in [0.1, 0.15) is 41.0 Å². The van der Waals surface area contributed by atoms with Gasteiger partial charge in [-0.25, -0.2) is 4.79 Å². The zero-order valence-corrected chi connectivity index (χ0v) is 11.6. The molecule has 0 radical (unpaired) electrons. The van der Waals surface area contributed by atoms with Crippen molar-refractivity contribution in [2.45, 2.75) is 46.6 Å². The summed E-state index contributed by atoms with van der Waals surface area (Å²) in [6, 6.07) is 0. The van der Waals surface area contributed by atoms with Gasteiger partial charge in [0.2, 0.25) is 0 Å². The molecular weight excluding hydrogens is 218 g/mol. The summed E-state index contributed by atoms with van der Waals surface area (Å²) >= 11 is 0. The number of carbonyl (C=O) groups excluding carboxylic acids is 1. The van der Waals surface area contributed by atoms with Crippen molar-refractivity contribution in [1.29, 1.82) is 0 Å². The number of aliphatic hydroxyl groups excluding tert-OH is 1. The zero-order chi connectivity index (χ0) is 13.3. The lowest BCUT2D eigenvalue weighted by Crippen LogP contribution is -2.50. The average Bonchev–Trinajstić information content (AvgIpc) is 2.13. The molecule has 0 aromatic carbocycles. The fourth-order valence-electron chi connectivity index (χ4n) is 2.22. The number of aliphatic hydroxyl groups is 1. The minimum Gasteiger partial charge on any atom is -0.444 e. The van der Waals surface area contributed by atoms with Gasteiger partial charge in [0.05, 0.1) is 0 Å². The highest BCUT2D eigenvalue weighted by Crippen LogP contribution is 2.34. The first kappa shape index (κ1) is 14.3. The maximum Gasteiger partial charge on any atom is 0.410 e. The van der Waals surface area contributed by atoms with Crippen LogP contribution in [0.4, 0.5) is 4.79 Å². The normalized spacial score (nSPS) is 24.6. The van der Waals surface area contributed by atoms with Crippen LogP contribution in [0.3, 0.4) is 0 Å². The topological polar surface area (TPSA) is 49.8 Å². The Balaban J connectivity index is 2.62. The number of ether oxygens (including phenoxy) is 1. The highest BCUT2D eigenvalue weighted by Gasteiger charge is 2.38. The van der Waals surface area contributed by atoms with E-state index in [1.54, 1.807) is 4.90 Å². The first-order valence-corrected chi connectivity index (χ1v) is 6.24. The maximum absolute atomic E-state index is 11.9. The number of amides is 1. The molecule has 0 aromatic heterocycles. The summed E-state index contributed by atoms with van der Waals surface area (Å²) in [7, 11) is 0. The van der Waals surface area contributed by atoms with E-state index in [0.29, 0.717) is 13.1 Å². The third kappa shape index (κ3) is 3.87. The molecule has 0 bridgehead atoms. The molecule has 0 saturated carbocycles. The summed E-state index contributed by atoms with van der Waals surface area (Å²) < 4.78 is 5.36. The Morgan fingerprint density at radius 2 is 2.06 bits per heavy atom. The van der Waals surface area contributed by atoms with E-state index in [0.717, 1.165) is 6.42 Å². The van der Waals surface area contributed by atoms with Crippen LogP contribution in [-0.2, 0) is 4.74 Å². The lowest BCUT2D eigenvalue weighted by molar-refractivity contribution is -0.0142. The van der Waals surface area contributed by atoms with Gasteiger partial charge in [0.15, 0.2) is 0 Å². The van der Waals surface area contributed by atoms with Crippen molar-refractivity contribution in [3.63, 3.8) is 0 Å². The van der Waals surface area contributed by atoms with Crippen molar-refractivity contribution in [2.75, 3.05) is 19.7 Å². The van der Waals surface area contributed by atoms with E-state index in [-0.39, 0.29) is 24.0 Å². The summed E-state index contributed by atoms with van der Waals surface area (Å²) in [4.78, 5) is 13.7. The second-order valence-corrected chi connectivity index (χ2v) is 6.56. The Kier molecular flexibility index (Phi) is 4.07. The van der Waals surface area contributed by atoms with Crippen molar-refractivity contribution in [2.24, 2.45) is 11.3 Å². The van der Waals surface area contributed by atoms with Crippen molar-refractivity contribution in [1.82, 2.24) is 4.90 Å². The van der Waals surface area contributed by atoms with Crippen LogP contribution in [0.15, 0.2) is 0 Å². The van der Waals surface area contributed by atoms with Gasteiger partial charge in [-0.05, 0) is 38.5 Å². The molecule has 1 amide bonds. The number of nitrogens with zero attached hydrogens (tertiary/aromatic N) is 1. The Bertz CT molecular complexity index is 281. The van der Waals surface area contributed by atoms with E-state index >= 15 is 0 Å². The quantitative estimate of drug-likeness (QED) is 0.768. The smallest absolute Gasteiger partial charge is 0.410 e. The van der Waals surface area contributed by atoms with Crippen LogP contribution in [-0.4, -0.2) is 41.4 Å². The molecule has 0 aromatic rings. The molecular formula is C13H25NO3. The second-order valence-electron chi connectivity index (χ2n) is 6.56. The van der Waals surface area contributed by atoms with Crippen molar-refractivity contribution < 1.29 is 14.6 Å². The lowest BCUT2D eigenvalue weighted by Gasteiger charge is -2.43. The van der Waals surface area contributed by atoms with E-state index in [9.17, 15) is 9.90 Å². The Morgan fingerprint density at radius 3 is 2.47 bits per heavy atom. The first-order valence-electron chi connectivity index (χ1n) is 6.24. The molecule has 100 valence electrons. The first-order chi connectivity index (χ1) is 7.65. The molecule has 1 aliphatic heterocycles. The molecule has 1 unspecified atom stereocenters. The minimum atomic E-state index is -0.449. The van der Waals surface area contributed by atoms with Crippen LogP contribution in [0.5, 0.6) is 0 Å². The van der Waals surface area contributed by atoms with Crippen LogP contribution < -0.4 is 0 Å². The number of hydrogen-bond donors (Lipinski definition) is 1. The van der Waals surface area contributed by atoms with Crippen LogP contribution in [0.2, 0.25) is 0 Å². The highest BCUT2D eigenvalue weighted by atomic mass is 16.6. The predicted octanol–water partition coefficient (Wildman–Crippen LogP) is 2.26. The van der Waals surface area contributed by atoms with Crippen LogP contribution >= 0.6 is 0 Å². The van der Waals surface area contributed by atoms with E-state index in [4.69, 9.17) is 4.74 Å². The van der Waals surface area contributed by atoms with Crippen molar-refractivity contribution in [3.8, 4) is 0 Å². The fourth-order valence-corrected chi connectivity index (χ4v) is 2.22. The molecule has 4 heteroatoms. The van der Waals surface area contributed by atoms with Gasteiger partial charge in [0.25, 0.3) is 0 Å². The van der Waals surface area contributed by atoms with Gasteiger partial charge in [-0.2, -0.15) is 0 Å². The molecule has 1 heterocycles. The zero-order valence-electron chi connectivity index (χ0n) is 11.6. The van der Waals surface area contributed by atoms with Gasteiger partial charge in [-0.1, -0.05) is 13.8 Å². The maximum atomic E-state index is 11.9. The Morgan fingerprint density at radius 1 is 1.47 bits per heavy atom. The molecule has 1 N–H and O–H groups in total. The SMILES string of the molecule is CC(C)(C)OC(=O)N1CCC(CO)C(C)(C)C1. The van der Waals surface area contributed by atoms with Gasteiger partial charge >= 0.3 is 6.09 Å². The number of piperidine rings is 1. The summed E-state index contributed by atoms with van der Waals surface area (Å²) in [5, 5.41) is 9.30. The minimum absolute atomic E-state index is 0.0517. The Labute approximate surface area is 104 Å². The molecule has 1 aliphatic rings. The van der Waals surface area contributed by atoms with E-state index in [1.807, 2.05) is 20.8 Å². The molecule has 1 atom stereocenters. The van der Waals surface area contributed by atoms with Gasteiger partial charge in [0.1, 0.15) is 5.60 Å². The van der Waals surface area contributed by atoms with E-state index < -0.39 is 5.60 Å². The molecule has 17 heavy (non-hydrogen) atoms. The summed E-state index contributed by atoms with van der Waals surface area (Å²) in [6.45, 7) is 11.3.